The van der Waals surface area contributed by atoms with E-state index in [1.165, 1.54) is 47.3 Å². The van der Waals surface area contributed by atoms with Crippen molar-refractivity contribution in [3.63, 3.8) is 0 Å². The van der Waals surface area contributed by atoms with Crippen LogP contribution in [0.15, 0.2) is 48.7 Å². The second-order valence-electron chi connectivity index (χ2n) is 6.01. The zero-order chi connectivity index (χ0) is 21.2. The van der Waals surface area contributed by atoms with Gasteiger partial charge in [-0.2, -0.15) is 18.3 Å². The summed E-state index contributed by atoms with van der Waals surface area (Å²) in [6, 6.07) is 9.72. The first-order valence-electron chi connectivity index (χ1n) is 8.25. The van der Waals surface area contributed by atoms with E-state index in [9.17, 15) is 22.4 Å². The Labute approximate surface area is 167 Å². The Morgan fingerprint density at radius 2 is 1.97 bits per heavy atom. The van der Waals surface area contributed by atoms with Gasteiger partial charge in [0.15, 0.2) is 6.61 Å². The highest BCUT2D eigenvalue weighted by Gasteiger charge is 2.29. The van der Waals surface area contributed by atoms with E-state index in [0.29, 0.717) is 5.69 Å². The summed E-state index contributed by atoms with van der Waals surface area (Å²) in [5.41, 5.74) is 0.563. The maximum Gasteiger partial charge on any atom is 0.422 e. The van der Waals surface area contributed by atoms with Crippen LogP contribution >= 0.6 is 11.6 Å². The van der Waals surface area contributed by atoms with Crippen molar-refractivity contribution in [2.24, 2.45) is 0 Å². The van der Waals surface area contributed by atoms with Crippen LogP contribution in [0.5, 0.6) is 5.75 Å². The first-order valence-corrected chi connectivity index (χ1v) is 8.63. The summed E-state index contributed by atoms with van der Waals surface area (Å²) in [7, 11) is 0. The molecule has 0 aliphatic rings. The summed E-state index contributed by atoms with van der Waals surface area (Å²) in [6.07, 6.45) is -3.31. The molecule has 10 heteroatoms. The van der Waals surface area contributed by atoms with Crippen LogP contribution in [0.4, 0.5) is 23.2 Å². The molecule has 0 aliphatic carbocycles. The molecule has 5 nitrogen and oxygen atoms in total. The number of nitrogens with one attached hydrogen (secondary N) is 1. The summed E-state index contributed by atoms with van der Waals surface area (Å²) in [5.74, 6) is -1.38. The Bertz CT molecular complexity index is 1050. The quantitative estimate of drug-likeness (QED) is 0.572. The van der Waals surface area contributed by atoms with Gasteiger partial charge in [-0.15, -0.1) is 0 Å². The molecule has 0 spiro atoms. The first kappa shape index (κ1) is 20.7. The Balaban J connectivity index is 1.86. The third-order valence-corrected chi connectivity index (χ3v) is 4.15. The second-order valence-corrected chi connectivity index (χ2v) is 6.44. The molecule has 0 fully saturated rings. The van der Waals surface area contributed by atoms with Gasteiger partial charge in [-0.05, 0) is 37.3 Å². The number of aromatic nitrogens is 2. The predicted molar refractivity (Wildman–Crippen MR) is 99.2 cm³/mol. The maximum atomic E-state index is 14.0. The third-order valence-electron chi connectivity index (χ3n) is 3.92. The van der Waals surface area contributed by atoms with Crippen LogP contribution in [0, 0.1) is 12.7 Å². The fourth-order valence-corrected chi connectivity index (χ4v) is 2.75. The largest absolute Gasteiger partial charge is 0.482 e. The third kappa shape index (κ3) is 4.86. The molecule has 0 atom stereocenters. The number of para-hydroxylation sites is 1. The van der Waals surface area contributed by atoms with Gasteiger partial charge >= 0.3 is 6.18 Å². The monoisotopic (exact) mass is 427 g/mol. The topological polar surface area (TPSA) is 56.1 Å². The SMILES string of the molecule is Cc1c(C(=O)Nc2cc(Cl)ccc2OCC(F)(F)F)cnn1-c1ccccc1F. The van der Waals surface area contributed by atoms with Crippen LogP contribution in [0.1, 0.15) is 16.1 Å². The van der Waals surface area contributed by atoms with Gasteiger partial charge in [0.1, 0.15) is 17.3 Å². The first-order chi connectivity index (χ1) is 13.7. The number of nitrogens with zero attached hydrogens (tertiary/aromatic N) is 2. The van der Waals surface area contributed by atoms with E-state index in [-0.39, 0.29) is 27.7 Å². The summed E-state index contributed by atoms with van der Waals surface area (Å²) < 4.78 is 57.4. The molecule has 0 aliphatic heterocycles. The number of benzene rings is 2. The summed E-state index contributed by atoms with van der Waals surface area (Å²) in [6.45, 7) is 0.0368. The highest BCUT2D eigenvalue weighted by atomic mass is 35.5. The van der Waals surface area contributed by atoms with Crippen molar-refractivity contribution in [2.45, 2.75) is 13.1 Å². The van der Waals surface area contributed by atoms with Crippen LogP contribution < -0.4 is 10.1 Å². The lowest BCUT2D eigenvalue weighted by Crippen LogP contribution is -2.20. The van der Waals surface area contributed by atoms with Crippen molar-refractivity contribution in [1.82, 2.24) is 9.78 Å². The number of anilines is 1. The van der Waals surface area contributed by atoms with Gasteiger partial charge in [-0.25, -0.2) is 9.07 Å². The van der Waals surface area contributed by atoms with E-state index in [1.54, 1.807) is 13.0 Å². The van der Waals surface area contributed by atoms with Gasteiger partial charge in [0.25, 0.3) is 5.91 Å². The molecule has 3 rings (SSSR count). The second kappa shape index (κ2) is 8.12. The predicted octanol–water partition coefficient (Wildman–Crippen LogP) is 5.17. The minimum Gasteiger partial charge on any atom is -0.482 e. The molecule has 0 unspecified atom stereocenters. The van der Waals surface area contributed by atoms with E-state index in [2.05, 4.69) is 10.4 Å². The van der Waals surface area contributed by atoms with Crippen LogP contribution in [-0.4, -0.2) is 28.5 Å². The Morgan fingerprint density at radius 3 is 2.66 bits per heavy atom. The average molecular weight is 428 g/mol. The van der Waals surface area contributed by atoms with Crippen LogP contribution in [0.3, 0.4) is 0 Å². The molecule has 1 heterocycles. The molecule has 0 saturated carbocycles. The van der Waals surface area contributed by atoms with E-state index in [4.69, 9.17) is 16.3 Å². The summed E-state index contributed by atoms with van der Waals surface area (Å²) >= 11 is 5.88. The zero-order valence-electron chi connectivity index (χ0n) is 14.9. The van der Waals surface area contributed by atoms with Gasteiger partial charge in [0, 0.05) is 5.02 Å². The Kier molecular flexibility index (Phi) is 5.78. The fraction of sp³-hybridized carbons (Fsp3) is 0.158. The van der Waals surface area contributed by atoms with Gasteiger partial charge in [0.2, 0.25) is 0 Å². The van der Waals surface area contributed by atoms with Gasteiger partial charge in [-0.3, -0.25) is 4.79 Å². The molecule has 3 aromatic rings. The zero-order valence-corrected chi connectivity index (χ0v) is 15.7. The lowest BCUT2D eigenvalue weighted by Gasteiger charge is -2.14. The van der Waals surface area contributed by atoms with Crippen molar-refractivity contribution in [2.75, 3.05) is 11.9 Å². The van der Waals surface area contributed by atoms with E-state index < -0.39 is 24.5 Å². The minimum atomic E-state index is -4.54. The maximum absolute atomic E-state index is 14.0. The highest BCUT2D eigenvalue weighted by Crippen LogP contribution is 2.30. The summed E-state index contributed by atoms with van der Waals surface area (Å²) in [4.78, 5) is 12.7. The van der Waals surface area contributed by atoms with Crippen molar-refractivity contribution in [3.8, 4) is 11.4 Å². The number of amides is 1. The molecule has 1 aromatic heterocycles. The molecule has 0 radical (unpaired) electrons. The number of halogens is 5. The van der Waals surface area contributed by atoms with Crippen molar-refractivity contribution in [1.29, 1.82) is 0 Å². The smallest absolute Gasteiger partial charge is 0.422 e. The number of hydrogen-bond donors (Lipinski definition) is 1. The minimum absolute atomic E-state index is 0.0372. The fourth-order valence-electron chi connectivity index (χ4n) is 2.57. The van der Waals surface area contributed by atoms with E-state index >= 15 is 0 Å². The van der Waals surface area contributed by atoms with Crippen molar-refractivity contribution >= 4 is 23.2 Å². The highest BCUT2D eigenvalue weighted by molar-refractivity contribution is 6.31. The molecule has 1 amide bonds. The molecule has 0 saturated heterocycles. The molecule has 0 bridgehead atoms. The molecule has 2 aromatic carbocycles. The van der Waals surface area contributed by atoms with Gasteiger partial charge < -0.3 is 10.1 Å². The average Bonchev–Trinajstić information content (AvgIpc) is 3.02. The normalized spacial score (nSPS) is 11.4. The van der Waals surface area contributed by atoms with E-state index in [1.807, 2.05) is 0 Å². The number of hydrogen-bond acceptors (Lipinski definition) is 3. The van der Waals surface area contributed by atoms with Crippen molar-refractivity contribution < 1.29 is 27.1 Å². The molecule has 152 valence electrons. The molecule has 1 N–H and O–H groups in total. The standard InChI is InChI=1S/C19H14ClF4N3O2/c1-11-13(9-25-27(11)16-5-3-2-4-14(16)21)18(28)26-15-8-12(20)6-7-17(15)29-10-19(22,23)24/h2-9H,10H2,1H3,(H,26,28). The van der Waals surface area contributed by atoms with Gasteiger partial charge in [-0.1, -0.05) is 23.7 Å². The van der Waals surface area contributed by atoms with Crippen LogP contribution in [-0.2, 0) is 0 Å². The number of rotatable bonds is 5. The van der Waals surface area contributed by atoms with E-state index in [0.717, 1.165) is 0 Å². The van der Waals surface area contributed by atoms with Gasteiger partial charge in [0.05, 0.1) is 23.1 Å². The summed E-state index contributed by atoms with van der Waals surface area (Å²) in [5, 5.41) is 6.68. The Hall–Kier alpha value is -3.07. The number of carbonyl (C=O) groups is 1. The molecule has 29 heavy (non-hydrogen) atoms. The Morgan fingerprint density at radius 1 is 1.24 bits per heavy atom. The van der Waals surface area contributed by atoms with Crippen LogP contribution in [0.2, 0.25) is 5.02 Å². The number of alkyl halides is 3. The van der Waals surface area contributed by atoms with Crippen molar-refractivity contribution in [3.05, 3.63) is 70.8 Å². The molecular weight excluding hydrogens is 414 g/mol. The number of carbonyl (C=O) groups excluding carboxylic acids is 1. The number of ether oxygens (including phenoxy) is 1. The lowest BCUT2D eigenvalue weighted by atomic mass is 10.2. The lowest BCUT2D eigenvalue weighted by molar-refractivity contribution is -0.153. The molecular formula is C19H14ClF4N3O2. The van der Waals surface area contributed by atoms with Crippen LogP contribution in [0.25, 0.3) is 5.69 Å².